The largest absolute Gasteiger partial charge is 0.241 e. The quantitative estimate of drug-likeness (QED) is 0.500. The Kier molecular flexibility index (Phi) is 1.98. The summed E-state index contributed by atoms with van der Waals surface area (Å²) in [6.45, 7) is 6.20. The zero-order chi connectivity index (χ0) is 8.48. The molecule has 2 nitrogen and oxygen atoms in total. The zero-order valence-corrected chi connectivity index (χ0v) is 7.13. The van der Waals surface area contributed by atoms with Crippen LogP contribution in [-0.2, 0) is 5.41 Å². The molecule has 1 rings (SSSR count). The Balaban J connectivity index is 2.99. The van der Waals surface area contributed by atoms with Gasteiger partial charge in [-0.3, -0.25) is 0 Å². The maximum atomic E-state index is 5.44. The van der Waals surface area contributed by atoms with Gasteiger partial charge < -0.3 is 0 Å². The van der Waals surface area contributed by atoms with Crippen molar-refractivity contribution >= 4 is 13.3 Å². The molecular weight excluding hydrogens is 135 g/mol. The molecule has 3 heteroatoms. The van der Waals surface area contributed by atoms with Gasteiger partial charge in [0.05, 0.1) is 0 Å². The Morgan fingerprint density at radius 3 is 2.00 bits per heavy atom. The molecule has 1 heterocycles. The molecule has 0 fully saturated rings. The van der Waals surface area contributed by atoms with Crippen LogP contribution in [0.5, 0.6) is 0 Å². The topological polar surface area (TPSA) is 25.8 Å². The van der Waals surface area contributed by atoms with Gasteiger partial charge in [-0.15, -0.1) is 0 Å². The highest BCUT2D eigenvalue weighted by Crippen LogP contribution is 2.15. The standard InChI is InChI=1S/C8H11BN2/c1-8(2,3)7-10-4-6(9)5-11-7/h4-5H,1-3H3. The minimum absolute atomic E-state index is 0.00764. The molecule has 2 radical (unpaired) electrons. The molecule has 0 aromatic carbocycles. The van der Waals surface area contributed by atoms with Crippen molar-refractivity contribution in [3.8, 4) is 0 Å². The molecule has 0 spiro atoms. The van der Waals surface area contributed by atoms with E-state index in [4.69, 9.17) is 7.85 Å². The summed E-state index contributed by atoms with van der Waals surface area (Å²) < 4.78 is 0. The highest BCUT2D eigenvalue weighted by atomic mass is 14.9. The first-order chi connectivity index (χ1) is 5.00. The maximum absolute atomic E-state index is 5.44. The molecule has 11 heavy (non-hydrogen) atoms. The van der Waals surface area contributed by atoms with E-state index in [1.807, 2.05) is 0 Å². The molecule has 0 saturated heterocycles. The van der Waals surface area contributed by atoms with Gasteiger partial charge in [-0.2, -0.15) is 0 Å². The highest BCUT2D eigenvalue weighted by Gasteiger charge is 2.15. The van der Waals surface area contributed by atoms with Crippen molar-refractivity contribution in [2.75, 3.05) is 0 Å². The van der Waals surface area contributed by atoms with Crippen LogP contribution in [0.15, 0.2) is 12.4 Å². The molecule has 0 atom stereocenters. The van der Waals surface area contributed by atoms with Gasteiger partial charge in [-0.05, 0) is 0 Å². The van der Waals surface area contributed by atoms with Crippen molar-refractivity contribution < 1.29 is 0 Å². The third kappa shape index (κ3) is 2.04. The molecule has 0 unspecified atom stereocenters. The van der Waals surface area contributed by atoms with Crippen molar-refractivity contribution in [2.24, 2.45) is 0 Å². The van der Waals surface area contributed by atoms with E-state index in [1.54, 1.807) is 12.4 Å². The number of nitrogens with zero attached hydrogens (tertiary/aromatic N) is 2. The zero-order valence-electron chi connectivity index (χ0n) is 7.13. The molecule has 0 saturated carbocycles. The van der Waals surface area contributed by atoms with Crippen molar-refractivity contribution in [3.63, 3.8) is 0 Å². The van der Waals surface area contributed by atoms with E-state index < -0.39 is 0 Å². The second kappa shape index (κ2) is 2.64. The predicted octanol–water partition coefficient (Wildman–Crippen LogP) is 0.568. The average Bonchev–Trinajstić information content (AvgIpc) is 1.86. The monoisotopic (exact) mass is 146 g/mol. The van der Waals surface area contributed by atoms with Crippen molar-refractivity contribution in [3.05, 3.63) is 18.2 Å². The summed E-state index contributed by atoms with van der Waals surface area (Å²) in [5.41, 5.74) is 0.617. The third-order valence-corrected chi connectivity index (χ3v) is 1.34. The van der Waals surface area contributed by atoms with Gasteiger partial charge in [0.15, 0.2) is 0 Å². The number of rotatable bonds is 0. The number of hydrogen-bond donors (Lipinski definition) is 0. The summed E-state index contributed by atoms with van der Waals surface area (Å²) in [6.07, 6.45) is 3.27. The second-order valence-electron chi connectivity index (χ2n) is 3.59. The lowest BCUT2D eigenvalue weighted by molar-refractivity contribution is 0.545. The molecule has 1 aromatic heterocycles. The van der Waals surface area contributed by atoms with Gasteiger partial charge in [-0.1, -0.05) is 26.2 Å². The van der Waals surface area contributed by atoms with Crippen molar-refractivity contribution in [2.45, 2.75) is 26.2 Å². The van der Waals surface area contributed by atoms with Gasteiger partial charge in [0, 0.05) is 17.8 Å². The minimum Gasteiger partial charge on any atom is -0.241 e. The molecule has 56 valence electrons. The first kappa shape index (κ1) is 8.24. The molecule has 0 N–H and O–H groups in total. The van der Waals surface area contributed by atoms with Crippen LogP contribution in [0.25, 0.3) is 0 Å². The van der Waals surface area contributed by atoms with Gasteiger partial charge in [-0.25, -0.2) is 9.97 Å². The summed E-state index contributed by atoms with van der Waals surface area (Å²) in [5.74, 6) is 0.826. The summed E-state index contributed by atoms with van der Waals surface area (Å²) in [5, 5.41) is 0. The molecule has 0 aliphatic carbocycles. The predicted molar refractivity (Wildman–Crippen MR) is 46.1 cm³/mol. The first-order valence-electron chi connectivity index (χ1n) is 3.58. The fourth-order valence-electron chi connectivity index (χ4n) is 0.725. The van der Waals surface area contributed by atoms with Gasteiger partial charge in [0.25, 0.3) is 0 Å². The van der Waals surface area contributed by atoms with Crippen LogP contribution in [0.4, 0.5) is 0 Å². The fraction of sp³-hybridized carbons (Fsp3) is 0.500. The van der Waals surface area contributed by atoms with Gasteiger partial charge in [0.2, 0.25) is 0 Å². The van der Waals surface area contributed by atoms with Gasteiger partial charge in [0.1, 0.15) is 13.7 Å². The Hall–Kier alpha value is -0.855. The fourth-order valence-corrected chi connectivity index (χ4v) is 0.725. The third-order valence-electron chi connectivity index (χ3n) is 1.34. The molecule has 0 amide bonds. The summed E-state index contributed by atoms with van der Waals surface area (Å²) in [6, 6.07) is 0. The normalized spacial score (nSPS) is 11.5. The lowest BCUT2D eigenvalue weighted by atomic mass is 9.94. The first-order valence-corrected chi connectivity index (χ1v) is 3.58. The Labute approximate surface area is 68.5 Å². The molecular formula is C8H11BN2. The Morgan fingerprint density at radius 2 is 1.64 bits per heavy atom. The lowest BCUT2D eigenvalue weighted by Crippen LogP contribution is -2.18. The molecule has 1 aromatic rings. The summed E-state index contributed by atoms with van der Waals surface area (Å²) >= 11 is 0. The second-order valence-corrected chi connectivity index (χ2v) is 3.59. The van der Waals surface area contributed by atoms with E-state index >= 15 is 0 Å². The Morgan fingerprint density at radius 1 is 1.18 bits per heavy atom. The van der Waals surface area contributed by atoms with Crippen LogP contribution >= 0.6 is 0 Å². The van der Waals surface area contributed by atoms with Crippen LogP contribution in [0.2, 0.25) is 0 Å². The lowest BCUT2D eigenvalue weighted by Gasteiger charge is -2.15. The minimum atomic E-state index is 0.00764. The molecule has 0 bridgehead atoms. The van der Waals surface area contributed by atoms with Gasteiger partial charge >= 0.3 is 0 Å². The highest BCUT2D eigenvalue weighted by molar-refractivity contribution is 6.31. The van der Waals surface area contributed by atoms with Crippen LogP contribution in [0.3, 0.4) is 0 Å². The van der Waals surface area contributed by atoms with Crippen LogP contribution in [-0.4, -0.2) is 17.8 Å². The summed E-state index contributed by atoms with van der Waals surface area (Å²) in [4.78, 5) is 8.23. The smallest absolute Gasteiger partial charge is 0.133 e. The van der Waals surface area contributed by atoms with E-state index in [0.29, 0.717) is 5.46 Å². The average molecular weight is 146 g/mol. The van der Waals surface area contributed by atoms with Crippen LogP contribution < -0.4 is 5.46 Å². The SMILES string of the molecule is [B]c1cnc(C(C)(C)C)nc1. The van der Waals surface area contributed by atoms with E-state index in [0.717, 1.165) is 5.82 Å². The Bertz CT molecular complexity index is 235. The van der Waals surface area contributed by atoms with E-state index in [-0.39, 0.29) is 5.41 Å². The van der Waals surface area contributed by atoms with E-state index in [2.05, 4.69) is 30.7 Å². The van der Waals surface area contributed by atoms with Crippen molar-refractivity contribution in [1.82, 2.24) is 9.97 Å². The summed E-state index contributed by atoms with van der Waals surface area (Å²) in [7, 11) is 5.44. The van der Waals surface area contributed by atoms with Crippen molar-refractivity contribution in [1.29, 1.82) is 0 Å². The number of hydrogen-bond acceptors (Lipinski definition) is 2. The molecule has 0 aliphatic rings. The van der Waals surface area contributed by atoms with E-state index in [1.165, 1.54) is 0 Å². The maximum Gasteiger partial charge on any atom is 0.133 e. The van der Waals surface area contributed by atoms with Crippen LogP contribution in [0, 0.1) is 0 Å². The molecule has 0 aliphatic heterocycles. The van der Waals surface area contributed by atoms with E-state index in [9.17, 15) is 0 Å². The number of aromatic nitrogens is 2. The van der Waals surface area contributed by atoms with Crippen LogP contribution in [0.1, 0.15) is 26.6 Å².